The predicted octanol–water partition coefficient (Wildman–Crippen LogP) is 3.41. The molecule has 8 heteroatoms. The number of halogens is 1. The molecule has 32 heavy (non-hydrogen) atoms. The van der Waals surface area contributed by atoms with E-state index in [2.05, 4.69) is 26.8 Å². The van der Waals surface area contributed by atoms with Gasteiger partial charge in [-0.15, -0.1) is 0 Å². The highest BCUT2D eigenvalue weighted by molar-refractivity contribution is 7.92. The van der Waals surface area contributed by atoms with Crippen molar-refractivity contribution in [2.75, 3.05) is 24.4 Å². The van der Waals surface area contributed by atoms with Crippen molar-refractivity contribution >= 4 is 15.7 Å². The second-order valence-corrected chi connectivity index (χ2v) is 9.86. The monoisotopic (exact) mass is 454 g/mol. The summed E-state index contributed by atoms with van der Waals surface area (Å²) in [5.41, 5.74) is 3.27. The van der Waals surface area contributed by atoms with Crippen LogP contribution in [0.15, 0.2) is 71.8 Å². The molecule has 168 valence electrons. The van der Waals surface area contributed by atoms with Gasteiger partial charge < -0.3 is 5.32 Å². The number of aromatic nitrogens is 1. The van der Waals surface area contributed by atoms with E-state index in [1.165, 1.54) is 24.4 Å². The molecule has 0 aliphatic carbocycles. The van der Waals surface area contributed by atoms with Crippen LogP contribution in [0.4, 0.5) is 10.1 Å². The average molecular weight is 455 g/mol. The molecule has 1 fully saturated rings. The van der Waals surface area contributed by atoms with Crippen LogP contribution >= 0.6 is 0 Å². The molecule has 2 aromatic carbocycles. The Hall–Kier alpha value is -2.81. The first-order chi connectivity index (χ1) is 15.4. The fourth-order valence-corrected chi connectivity index (χ4v) is 4.80. The molecule has 2 heterocycles. The third-order valence-corrected chi connectivity index (χ3v) is 6.84. The lowest BCUT2D eigenvalue weighted by atomic mass is 10.1. The topological polar surface area (TPSA) is 74.3 Å². The summed E-state index contributed by atoms with van der Waals surface area (Å²) in [5.74, 6) is -0.291. The van der Waals surface area contributed by atoms with Gasteiger partial charge in [0.2, 0.25) is 0 Å². The molecule has 0 spiro atoms. The minimum absolute atomic E-state index is 0.0965. The zero-order chi connectivity index (χ0) is 22.6. The van der Waals surface area contributed by atoms with Crippen LogP contribution in [0.2, 0.25) is 0 Å². The number of pyridine rings is 1. The van der Waals surface area contributed by atoms with Gasteiger partial charge in [0.05, 0.1) is 0 Å². The van der Waals surface area contributed by atoms with Gasteiger partial charge in [-0.05, 0) is 54.4 Å². The van der Waals surface area contributed by atoms with Gasteiger partial charge >= 0.3 is 0 Å². The molecule has 1 saturated heterocycles. The van der Waals surface area contributed by atoms with E-state index in [9.17, 15) is 12.8 Å². The summed E-state index contributed by atoms with van der Waals surface area (Å²) in [6, 6.07) is 17.3. The van der Waals surface area contributed by atoms with E-state index in [0.717, 1.165) is 37.3 Å². The van der Waals surface area contributed by atoms with Crippen LogP contribution in [-0.4, -0.2) is 44.0 Å². The van der Waals surface area contributed by atoms with Gasteiger partial charge in [0.25, 0.3) is 10.0 Å². The fraction of sp³-hybridized carbons (Fsp3) is 0.292. The quantitative estimate of drug-likeness (QED) is 0.572. The minimum Gasteiger partial charge on any atom is -0.312 e. The van der Waals surface area contributed by atoms with Crippen molar-refractivity contribution < 1.29 is 12.8 Å². The van der Waals surface area contributed by atoms with Crippen LogP contribution in [0, 0.1) is 5.82 Å². The zero-order valence-electron chi connectivity index (χ0n) is 18.0. The third-order valence-electron chi connectivity index (χ3n) is 5.47. The lowest BCUT2D eigenvalue weighted by molar-refractivity contribution is 0.199. The molecule has 6 nitrogen and oxygen atoms in total. The van der Waals surface area contributed by atoms with E-state index in [1.807, 2.05) is 12.1 Å². The van der Waals surface area contributed by atoms with Crippen LogP contribution in [0.25, 0.3) is 0 Å². The maximum atomic E-state index is 13.0. The summed E-state index contributed by atoms with van der Waals surface area (Å²) in [6.45, 7) is 6.00. The Morgan fingerprint density at radius 1 is 1.06 bits per heavy atom. The average Bonchev–Trinajstić information content (AvgIpc) is 2.77. The van der Waals surface area contributed by atoms with Gasteiger partial charge in [0.15, 0.2) is 0 Å². The highest BCUT2D eigenvalue weighted by Gasteiger charge is 2.17. The predicted molar refractivity (Wildman–Crippen MR) is 123 cm³/mol. The summed E-state index contributed by atoms with van der Waals surface area (Å²) in [7, 11) is -3.74. The number of benzene rings is 2. The number of sulfonamides is 1. The number of anilines is 1. The standard InChI is InChI=1S/C24H27FN4O2S/c1-18-16-29(13-12-26-18)17-20-4-8-22(9-5-20)28-32(30,31)24-11-10-23(27-15-24)14-19-2-6-21(25)7-3-19/h2-11,15,18,26,28H,12-14,16-17H2,1H3/t18-/m0/s1. The molecule has 1 atom stereocenters. The summed E-state index contributed by atoms with van der Waals surface area (Å²) in [5, 5.41) is 3.43. The molecule has 1 aliphatic rings. The Bertz CT molecular complexity index is 1130. The van der Waals surface area contributed by atoms with Gasteiger partial charge in [0, 0.05) is 56.2 Å². The van der Waals surface area contributed by atoms with E-state index in [0.29, 0.717) is 23.8 Å². The molecule has 3 aromatic rings. The summed E-state index contributed by atoms with van der Waals surface area (Å²) >= 11 is 0. The first-order valence-electron chi connectivity index (χ1n) is 10.6. The maximum Gasteiger partial charge on any atom is 0.263 e. The Kier molecular flexibility index (Phi) is 6.83. The van der Waals surface area contributed by atoms with Crippen LogP contribution in [0.1, 0.15) is 23.7 Å². The van der Waals surface area contributed by atoms with E-state index < -0.39 is 10.0 Å². The third kappa shape index (κ3) is 5.91. The number of piperazine rings is 1. The Labute approximate surface area is 188 Å². The largest absolute Gasteiger partial charge is 0.312 e. The van der Waals surface area contributed by atoms with Crippen LogP contribution in [0.5, 0.6) is 0 Å². The minimum atomic E-state index is -3.74. The van der Waals surface area contributed by atoms with Crippen molar-refractivity contribution in [1.82, 2.24) is 15.2 Å². The van der Waals surface area contributed by atoms with E-state index in [4.69, 9.17) is 0 Å². The summed E-state index contributed by atoms with van der Waals surface area (Å²) < 4.78 is 41.1. The van der Waals surface area contributed by atoms with Crippen molar-refractivity contribution in [3.8, 4) is 0 Å². The van der Waals surface area contributed by atoms with Crippen LogP contribution in [-0.2, 0) is 23.0 Å². The molecular weight excluding hydrogens is 427 g/mol. The fourth-order valence-electron chi connectivity index (χ4n) is 3.79. The van der Waals surface area contributed by atoms with Crippen molar-refractivity contribution in [2.24, 2.45) is 0 Å². The molecular formula is C24H27FN4O2S. The SMILES string of the molecule is C[C@H]1CN(Cc2ccc(NS(=O)(=O)c3ccc(Cc4ccc(F)cc4)nc3)cc2)CCN1. The van der Waals surface area contributed by atoms with Crippen molar-refractivity contribution in [2.45, 2.75) is 30.8 Å². The van der Waals surface area contributed by atoms with Crippen molar-refractivity contribution in [3.63, 3.8) is 0 Å². The highest BCUT2D eigenvalue weighted by Crippen LogP contribution is 2.18. The highest BCUT2D eigenvalue weighted by atomic mass is 32.2. The second kappa shape index (κ2) is 9.77. The lowest BCUT2D eigenvalue weighted by Gasteiger charge is -2.31. The number of rotatable bonds is 7. The van der Waals surface area contributed by atoms with Crippen molar-refractivity contribution in [1.29, 1.82) is 0 Å². The van der Waals surface area contributed by atoms with Crippen LogP contribution < -0.4 is 10.0 Å². The first-order valence-corrected chi connectivity index (χ1v) is 12.1. The maximum absolute atomic E-state index is 13.0. The Balaban J connectivity index is 1.37. The lowest BCUT2D eigenvalue weighted by Crippen LogP contribution is -2.48. The Morgan fingerprint density at radius 2 is 1.78 bits per heavy atom. The summed E-state index contributed by atoms with van der Waals surface area (Å²) in [4.78, 5) is 6.75. The number of nitrogens with zero attached hydrogens (tertiary/aromatic N) is 2. The molecule has 0 bridgehead atoms. The number of hydrogen-bond donors (Lipinski definition) is 2. The van der Waals surface area contributed by atoms with Gasteiger partial charge in [-0.25, -0.2) is 12.8 Å². The zero-order valence-corrected chi connectivity index (χ0v) is 18.8. The number of hydrogen-bond acceptors (Lipinski definition) is 5. The molecule has 4 rings (SSSR count). The second-order valence-electron chi connectivity index (χ2n) is 8.18. The smallest absolute Gasteiger partial charge is 0.263 e. The summed E-state index contributed by atoms with van der Waals surface area (Å²) in [6.07, 6.45) is 1.85. The van der Waals surface area contributed by atoms with Gasteiger partial charge in [-0.2, -0.15) is 0 Å². The Morgan fingerprint density at radius 3 is 2.44 bits per heavy atom. The molecule has 0 amide bonds. The normalized spacial score (nSPS) is 17.2. The molecule has 2 N–H and O–H groups in total. The molecule has 0 saturated carbocycles. The van der Waals surface area contributed by atoms with Crippen LogP contribution in [0.3, 0.4) is 0 Å². The van der Waals surface area contributed by atoms with Gasteiger partial charge in [0.1, 0.15) is 10.7 Å². The van der Waals surface area contributed by atoms with Crippen molar-refractivity contribution in [3.05, 3.63) is 89.5 Å². The van der Waals surface area contributed by atoms with Gasteiger partial charge in [-0.1, -0.05) is 24.3 Å². The molecule has 1 aromatic heterocycles. The number of nitrogens with one attached hydrogen (secondary N) is 2. The molecule has 1 aliphatic heterocycles. The molecule has 0 unspecified atom stereocenters. The van der Waals surface area contributed by atoms with E-state index >= 15 is 0 Å². The molecule has 0 radical (unpaired) electrons. The van der Waals surface area contributed by atoms with E-state index in [-0.39, 0.29) is 10.7 Å². The van der Waals surface area contributed by atoms with E-state index in [1.54, 1.807) is 30.3 Å². The first kappa shape index (κ1) is 22.4. The van der Waals surface area contributed by atoms with Gasteiger partial charge in [-0.3, -0.25) is 14.6 Å².